The molecule has 6 heteroatoms. The summed E-state index contributed by atoms with van der Waals surface area (Å²) in [6.07, 6.45) is 2.63. The first-order valence-corrected chi connectivity index (χ1v) is 8.37. The SMILES string of the molecule is CCCCCN1C(=O)c2ccc(I)cc2S1(=O)=O. The fourth-order valence-corrected chi connectivity index (χ4v) is 4.31. The molecule has 1 aromatic carbocycles. The molecular formula is C12H14INO3S. The minimum atomic E-state index is -3.62. The van der Waals surface area contributed by atoms with E-state index >= 15 is 0 Å². The molecule has 0 radical (unpaired) electrons. The molecule has 0 saturated carbocycles. The second kappa shape index (κ2) is 5.16. The van der Waals surface area contributed by atoms with Gasteiger partial charge in [0.15, 0.2) is 0 Å². The second-order valence-electron chi connectivity index (χ2n) is 4.23. The average Bonchev–Trinajstić information content (AvgIpc) is 2.50. The van der Waals surface area contributed by atoms with Crippen molar-refractivity contribution in [3.8, 4) is 0 Å². The molecule has 1 aliphatic heterocycles. The maximum atomic E-state index is 12.2. The van der Waals surface area contributed by atoms with Gasteiger partial charge in [-0.05, 0) is 47.2 Å². The number of hydrogen-bond donors (Lipinski definition) is 0. The van der Waals surface area contributed by atoms with E-state index in [0.29, 0.717) is 12.0 Å². The van der Waals surface area contributed by atoms with E-state index in [0.717, 1.165) is 20.7 Å². The number of benzene rings is 1. The van der Waals surface area contributed by atoms with Gasteiger partial charge in [-0.15, -0.1) is 0 Å². The van der Waals surface area contributed by atoms with E-state index in [2.05, 4.69) is 0 Å². The Morgan fingerprint density at radius 1 is 1.28 bits per heavy atom. The smallest absolute Gasteiger partial charge is 0.268 e. The molecule has 1 aromatic rings. The fraction of sp³-hybridized carbons (Fsp3) is 0.417. The van der Waals surface area contributed by atoms with Crippen LogP contribution in [-0.4, -0.2) is 25.2 Å². The molecule has 1 aliphatic rings. The van der Waals surface area contributed by atoms with Gasteiger partial charge in [-0.1, -0.05) is 19.8 Å². The molecule has 1 heterocycles. The topological polar surface area (TPSA) is 54.5 Å². The zero-order chi connectivity index (χ0) is 13.3. The Morgan fingerprint density at radius 3 is 2.67 bits per heavy atom. The molecule has 0 spiro atoms. The van der Waals surface area contributed by atoms with Crippen LogP contribution in [0.5, 0.6) is 0 Å². The van der Waals surface area contributed by atoms with Gasteiger partial charge in [0.2, 0.25) is 0 Å². The molecule has 0 fully saturated rings. The van der Waals surface area contributed by atoms with Gasteiger partial charge < -0.3 is 0 Å². The lowest BCUT2D eigenvalue weighted by Crippen LogP contribution is -2.30. The number of unbranched alkanes of at least 4 members (excludes halogenated alkanes) is 2. The average molecular weight is 379 g/mol. The summed E-state index contributed by atoms with van der Waals surface area (Å²) in [5, 5.41) is 0. The zero-order valence-corrected chi connectivity index (χ0v) is 13.0. The van der Waals surface area contributed by atoms with Crippen LogP contribution in [0, 0.1) is 3.57 Å². The Balaban J connectivity index is 2.36. The third-order valence-electron chi connectivity index (χ3n) is 2.93. The van der Waals surface area contributed by atoms with Crippen molar-refractivity contribution in [2.45, 2.75) is 31.1 Å². The molecule has 4 nitrogen and oxygen atoms in total. The van der Waals surface area contributed by atoms with Gasteiger partial charge in [-0.2, -0.15) is 0 Å². The molecule has 98 valence electrons. The third kappa shape index (κ3) is 2.27. The first-order valence-electron chi connectivity index (χ1n) is 5.85. The Labute approximate surface area is 121 Å². The van der Waals surface area contributed by atoms with Crippen molar-refractivity contribution in [1.29, 1.82) is 0 Å². The summed E-state index contributed by atoms with van der Waals surface area (Å²) >= 11 is 2.04. The summed E-state index contributed by atoms with van der Waals surface area (Å²) in [5.74, 6) is -0.391. The molecule has 0 saturated heterocycles. The van der Waals surface area contributed by atoms with E-state index in [4.69, 9.17) is 0 Å². The molecule has 0 aliphatic carbocycles. The van der Waals surface area contributed by atoms with Crippen molar-refractivity contribution >= 4 is 38.5 Å². The molecule has 1 amide bonds. The number of halogens is 1. The Hall–Kier alpha value is -0.630. The molecule has 0 N–H and O–H groups in total. The van der Waals surface area contributed by atoms with Crippen molar-refractivity contribution in [2.24, 2.45) is 0 Å². The maximum Gasteiger partial charge on any atom is 0.269 e. The Kier molecular flexibility index (Phi) is 3.96. The number of fused-ring (bicyclic) bond motifs is 1. The van der Waals surface area contributed by atoms with E-state index in [1.54, 1.807) is 18.2 Å². The van der Waals surface area contributed by atoms with Crippen LogP contribution in [0.15, 0.2) is 23.1 Å². The van der Waals surface area contributed by atoms with E-state index in [1.165, 1.54) is 0 Å². The van der Waals surface area contributed by atoms with Crippen molar-refractivity contribution in [1.82, 2.24) is 4.31 Å². The van der Waals surface area contributed by atoms with Gasteiger partial charge in [-0.3, -0.25) is 4.79 Å². The highest BCUT2D eigenvalue weighted by Crippen LogP contribution is 2.31. The molecular weight excluding hydrogens is 365 g/mol. The van der Waals surface area contributed by atoms with Crippen LogP contribution in [0.3, 0.4) is 0 Å². The molecule has 0 unspecified atom stereocenters. The van der Waals surface area contributed by atoms with Crippen molar-refractivity contribution in [3.05, 3.63) is 27.3 Å². The summed E-state index contributed by atoms with van der Waals surface area (Å²) in [5.41, 5.74) is 0.298. The predicted molar refractivity (Wildman–Crippen MR) is 76.9 cm³/mol. The van der Waals surface area contributed by atoms with Gasteiger partial charge >= 0.3 is 0 Å². The van der Waals surface area contributed by atoms with E-state index in [-0.39, 0.29) is 11.4 Å². The normalized spacial score (nSPS) is 17.0. The highest BCUT2D eigenvalue weighted by molar-refractivity contribution is 14.1. The first-order chi connectivity index (χ1) is 8.48. The van der Waals surface area contributed by atoms with Crippen molar-refractivity contribution < 1.29 is 13.2 Å². The van der Waals surface area contributed by atoms with E-state index in [9.17, 15) is 13.2 Å². The molecule has 18 heavy (non-hydrogen) atoms. The number of rotatable bonds is 4. The van der Waals surface area contributed by atoms with Gasteiger partial charge in [0.1, 0.15) is 4.90 Å². The van der Waals surface area contributed by atoms with Crippen LogP contribution < -0.4 is 0 Å². The summed E-state index contributed by atoms with van der Waals surface area (Å²) in [6, 6.07) is 4.90. The van der Waals surface area contributed by atoms with Crippen LogP contribution in [0.4, 0.5) is 0 Å². The standard InChI is InChI=1S/C12H14INO3S/c1-2-3-4-7-14-12(15)10-6-5-9(13)8-11(10)18(14,16)17/h5-6,8H,2-4,7H2,1H3. The summed E-state index contributed by atoms with van der Waals surface area (Å²) in [7, 11) is -3.62. The minimum Gasteiger partial charge on any atom is -0.268 e. The maximum absolute atomic E-state index is 12.2. The van der Waals surface area contributed by atoms with Gasteiger partial charge in [0, 0.05) is 10.1 Å². The number of sulfonamides is 1. The second-order valence-corrected chi connectivity index (χ2v) is 7.31. The lowest BCUT2D eigenvalue weighted by molar-refractivity contribution is 0.0869. The summed E-state index contributed by atoms with van der Waals surface area (Å²) in [4.78, 5) is 12.2. The van der Waals surface area contributed by atoms with Gasteiger partial charge in [-0.25, -0.2) is 12.7 Å². The number of carbonyl (C=O) groups is 1. The van der Waals surface area contributed by atoms with Crippen LogP contribution in [-0.2, 0) is 10.0 Å². The summed E-state index contributed by atoms with van der Waals surface area (Å²) < 4.78 is 26.3. The van der Waals surface area contributed by atoms with Crippen LogP contribution in [0.25, 0.3) is 0 Å². The highest BCUT2D eigenvalue weighted by atomic mass is 127. The molecule has 2 rings (SSSR count). The minimum absolute atomic E-state index is 0.149. The largest absolute Gasteiger partial charge is 0.269 e. The van der Waals surface area contributed by atoms with Crippen LogP contribution in [0.2, 0.25) is 0 Å². The fourth-order valence-electron chi connectivity index (χ4n) is 1.98. The van der Waals surface area contributed by atoms with Gasteiger partial charge in [0.05, 0.1) is 5.56 Å². The monoisotopic (exact) mass is 379 g/mol. The Morgan fingerprint density at radius 2 is 2.00 bits per heavy atom. The van der Waals surface area contributed by atoms with Crippen molar-refractivity contribution in [2.75, 3.05) is 6.54 Å². The lowest BCUT2D eigenvalue weighted by atomic mass is 10.2. The lowest BCUT2D eigenvalue weighted by Gasteiger charge is -2.14. The van der Waals surface area contributed by atoms with E-state index < -0.39 is 15.9 Å². The number of hydrogen-bond acceptors (Lipinski definition) is 3. The number of nitrogens with zero attached hydrogens (tertiary/aromatic N) is 1. The first kappa shape index (κ1) is 13.8. The molecule has 0 bridgehead atoms. The number of amides is 1. The molecule has 0 atom stereocenters. The van der Waals surface area contributed by atoms with Crippen LogP contribution >= 0.6 is 22.6 Å². The Bertz CT molecular complexity index is 583. The summed E-state index contributed by atoms with van der Waals surface area (Å²) in [6.45, 7) is 2.32. The van der Waals surface area contributed by atoms with E-state index in [1.807, 2.05) is 29.5 Å². The number of carbonyl (C=O) groups excluding carboxylic acids is 1. The third-order valence-corrected chi connectivity index (χ3v) is 5.43. The predicted octanol–water partition coefficient (Wildman–Crippen LogP) is 2.63. The highest BCUT2D eigenvalue weighted by Gasteiger charge is 2.40. The van der Waals surface area contributed by atoms with Gasteiger partial charge in [0.25, 0.3) is 15.9 Å². The van der Waals surface area contributed by atoms with Crippen LogP contribution in [0.1, 0.15) is 36.5 Å². The van der Waals surface area contributed by atoms with Crippen molar-refractivity contribution in [3.63, 3.8) is 0 Å². The molecule has 0 aromatic heterocycles. The quantitative estimate of drug-likeness (QED) is 0.597. The zero-order valence-electron chi connectivity index (χ0n) is 10.0.